The minimum Gasteiger partial charge on any atom is -0.389 e. The van der Waals surface area contributed by atoms with Gasteiger partial charge in [-0.1, -0.05) is 19.9 Å². The number of halogens is 1. The molecule has 108 valence electrons. The lowest BCUT2D eigenvalue weighted by molar-refractivity contribution is 0.198. The number of aliphatic hydroxyl groups is 1. The highest BCUT2D eigenvalue weighted by Crippen LogP contribution is 2.24. The molecule has 0 saturated heterocycles. The summed E-state index contributed by atoms with van der Waals surface area (Å²) < 4.78 is 19.2. The maximum absolute atomic E-state index is 14.1. The molecule has 0 aliphatic heterocycles. The summed E-state index contributed by atoms with van der Waals surface area (Å²) in [5.41, 5.74) is 1.16. The summed E-state index contributed by atoms with van der Waals surface area (Å²) in [6, 6.07) is 4.90. The van der Waals surface area contributed by atoms with Crippen LogP contribution >= 0.6 is 0 Å². The number of benzene rings is 1. The van der Waals surface area contributed by atoms with Crippen molar-refractivity contribution >= 4 is 5.69 Å². The van der Waals surface area contributed by atoms with Gasteiger partial charge in [0.1, 0.15) is 5.82 Å². The molecule has 1 rings (SSSR count). The zero-order valence-corrected chi connectivity index (χ0v) is 12.2. The van der Waals surface area contributed by atoms with E-state index in [0.29, 0.717) is 30.3 Å². The summed E-state index contributed by atoms with van der Waals surface area (Å²) in [5, 5.41) is 9.46. The van der Waals surface area contributed by atoms with E-state index in [4.69, 9.17) is 4.74 Å². The monoisotopic (exact) mass is 269 g/mol. The molecule has 0 bridgehead atoms. The highest BCUT2D eigenvalue weighted by atomic mass is 19.1. The van der Waals surface area contributed by atoms with E-state index in [1.807, 2.05) is 4.90 Å². The van der Waals surface area contributed by atoms with Crippen LogP contribution in [0.2, 0.25) is 0 Å². The van der Waals surface area contributed by atoms with Crippen molar-refractivity contribution in [1.82, 2.24) is 0 Å². The van der Waals surface area contributed by atoms with Crippen molar-refractivity contribution in [2.75, 3.05) is 31.7 Å². The lowest BCUT2D eigenvalue weighted by Gasteiger charge is -2.27. The first-order valence-corrected chi connectivity index (χ1v) is 6.67. The highest BCUT2D eigenvalue weighted by Gasteiger charge is 2.14. The SMILES string of the molecule is COCCN(CC(C)C)c1ccc([C@H](C)O)cc1F. The van der Waals surface area contributed by atoms with Crippen LogP contribution in [0.25, 0.3) is 0 Å². The van der Waals surface area contributed by atoms with Gasteiger partial charge >= 0.3 is 0 Å². The summed E-state index contributed by atoms with van der Waals surface area (Å²) in [5.74, 6) is 0.142. The number of hydrogen-bond donors (Lipinski definition) is 1. The van der Waals surface area contributed by atoms with E-state index >= 15 is 0 Å². The molecular weight excluding hydrogens is 245 g/mol. The summed E-state index contributed by atoms with van der Waals surface area (Å²) in [7, 11) is 1.64. The Hall–Kier alpha value is -1.13. The van der Waals surface area contributed by atoms with Crippen LogP contribution in [0.4, 0.5) is 10.1 Å². The van der Waals surface area contributed by atoms with Gasteiger partial charge in [-0.3, -0.25) is 0 Å². The van der Waals surface area contributed by atoms with Gasteiger partial charge in [0.2, 0.25) is 0 Å². The smallest absolute Gasteiger partial charge is 0.146 e. The van der Waals surface area contributed by atoms with Gasteiger partial charge < -0.3 is 14.7 Å². The Morgan fingerprint density at radius 1 is 1.32 bits per heavy atom. The molecule has 0 heterocycles. The summed E-state index contributed by atoms with van der Waals surface area (Å²) in [4.78, 5) is 1.98. The summed E-state index contributed by atoms with van der Waals surface area (Å²) >= 11 is 0. The van der Waals surface area contributed by atoms with Gasteiger partial charge in [-0.15, -0.1) is 0 Å². The predicted octanol–water partition coefficient (Wildman–Crippen LogP) is 2.99. The van der Waals surface area contributed by atoms with Crippen molar-refractivity contribution in [2.45, 2.75) is 26.9 Å². The third-order valence-electron chi connectivity index (χ3n) is 2.95. The van der Waals surface area contributed by atoms with Crippen molar-refractivity contribution in [3.63, 3.8) is 0 Å². The number of methoxy groups -OCH3 is 1. The summed E-state index contributed by atoms with van der Waals surface area (Å²) in [6.07, 6.45) is -0.652. The van der Waals surface area contributed by atoms with Gasteiger partial charge in [0.05, 0.1) is 18.4 Å². The molecule has 1 aromatic rings. The van der Waals surface area contributed by atoms with Crippen molar-refractivity contribution < 1.29 is 14.2 Å². The van der Waals surface area contributed by atoms with Gasteiger partial charge in [-0.05, 0) is 30.5 Å². The second-order valence-electron chi connectivity index (χ2n) is 5.22. The van der Waals surface area contributed by atoms with Crippen LogP contribution in [0.5, 0.6) is 0 Å². The average molecular weight is 269 g/mol. The van der Waals surface area contributed by atoms with E-state index < -0.39 is 6.10 Å². The first-order chi connectivity index (χ1) is 8.95. The third-order valence-corrected chi connectivity index (χ3v) is 2.95. The third kappa shape index (κ3) is 4.80. The molecule has 0 spiro atoms. The Kier molecular flexibility index (Phi) is 6.25. The van der Waals surface area contributed by atoms with Crippen molar-refractivity contribution in [1.29, 1.82) is 0 Å². The maximum Gasteiger partial charge on any atom is 0.146 e. The normalized spacial score (nSPS) is 12.8. The van der Waals surface area contributed by atoms with Crippen LogP contribution in [0.1, 0.15) is 32.4 Å². The molecule has 1 aromatic carbocycles. The molecule has 4 heteroatoms. The Bertz CT molecular complexity index is 394. The Morgan fingerprint density at radius 2 is 2.00 bits per heavy atom. The molecule has 0 fully saturated rings. The molecular formula is C15H24FNO2. The van der Waals surface area contributed by atoms with Crippen molar-refractivity contribution in [3.05, 3.63) is 29.6 Å². The molecule has 0 aliphatic rings. The highest BCUT2D eigenvalue weighted by molar-refractivity contribution is 5.49. The second-order valence-corrected chi connectivity index (χ2v) is 5.22. The fourth-order valence-electron chi connectivity index (χ4n) is 1.99. The molecule has 1 atom stereocenters. The number of hydrogen-bond acceptors (Lipinski definition) is 3. The minimum absolute atomic E-state index is 0.296. The zero-order chi connectivity index (χ0) is 14.4. The second kappa shape index (κ2) is 7.46. The predicted molar refractivity (Wildman–Crippen MR) is 76.0 cm³/mol. The summed E-state index contributed by atoms with van der Waals surface area (Å²) in [6.45, 7) is 7.81. The van der Waals surface area contributed by atoms with Crippen LogP contribution < -0.4 is 4.90 Å². The Balaban J connectivity index is 2.94. The van der Waals surface area contributed by atoms with E-state index in [1.165, 1.54) is 6.07 Å². The Labute approximate surface area is 115 Å². The first-order valence-electron chi connectivity index (χ1n) is 6.67. The lowest BCUT2D eigenvalue weighted by Crippen LogP contribution is -2.31. The van der Waals surface area contributed by atoms with Crippen LogP contribution in [0.15, 0.2) is 18.2 Å². The lowest BCUT2D eigenvalue weighted by atomic mass is 10.1. The van der Waals surface area contributed by atoms with E-state index in [9.17, 15) is 9.50 Å². The molecule has 0 amide bonds. The number of rotatable bonds is 7. The van der Waals surface area contributed by atoms with Crippen molar-refractivity contribution in [2.24, 2.45) is 5.92 Å². The topological polar surface area (TPSA) is 32.7 Å². The maximum atomic E-state index is 14.1. The Morgan fingerprint density at radius 3 is 2.47 bits per heavy atom. The van der Waals surface area contributed by atoms with Gasteiger partial charge in [-0.25, -0.2) is 4.39 Å². The van der Waals surface area contributed by atoms with Crippen LogP contribution in [0.3, 0.4) is 0 Å². The van der Waals surface area contributed by atoms with E-state index in [0.717, 1.165) is 6.54 Å². The molecule has 0 aliphatic carbocycles. The van der Waals surface area contributed by atoms with Crippen LogP contribution in [0, 0.1) is 11.7 Å². The largest absolute Gasteiger partial charge is 0.389 e. The molecule has 0 saturated carbocycles. The number of ether oxygens (including phenoxy) is 1. The van der Waals surface area contributed by atoms with E-state index in [-0.39, 0.29) is 5.82 Å². The number of aliphatic hydroxyl groups excluding tert-OH is 1. The van der Waals surface area contributed by atoms with E-state index in [2.05, 4.69) is 13.8 Å². The first kappa shape index (κ1) is 15.9. The number of nitrogens with zero attached hydrogens (tertiary/aromatic N) is 1. The minimum atomic E-state index is -0.652. The van der Waals surface area contributed by atoms with Crippen LogP contribution in [-0.4, -0.2) is 31.9 Å². The van der Waals surface area contributed by atoms with Gasteiger partial charge in [0, 0.05) is 20.2 Å². The molecule has 0 unspecified atom stereocenters. The standard InChI is InChI=1S/C15H24FNO2/c1-11(2)10-17(7-8-19-4)15-6-5-13(12(3)18)9-14(15)16/h5-6,9,11-12,18H,7-8,10H2,1-4H3/t12-/m0/s1. The van der Waals surface area contributed by atoms with E-state index in [1.54, 1.807) is 26.2 Å². The molecule has 3 nitrogen and oxygen atoms in total. The quantitative estimate of drug-likeness (QED) is 0.826. The fourth-order valence-corrected chi connectivity index (χ4v) is 1.99. The average Bonchev–Trinajstić information content (AvgIpc) is 2.34. The van der Waals surface area contributed by atoms with Crippen molar-refractivity contribution in [3.8, 4) is 0 Å². The molecule has 19 heavy (non-hydrogen) atoms. The number of anilines is 1. The van der Waals surface area contributed by atoms with Crippen LogP contribution in [-0.2, 0) is 4.74 Å². The molecule has 0 radical (unpaired) electrons. The zero-order valence-electron chi connectivity index (χ0n) is 12.2. The fraction of sp³-hybridized carbons (Fsp3) is 0.600. The van der Waals surface area contributed by atoms with Gasteiger partial charge in [0.15, 0.2) is 0 Å². The molecule has 0 aromatic heterocycles. The van der Waals surface area contributed by atoms with Gasteiger partial charge in [0.25, 0.3) is 0 Å². The molecule has 1 N–H and O–H groups in total. The van der Waals surface area contributed by atoms with Gasteiger partial charge in [-0.2, -0.15) is 0 Å².